The summed E-state index contributed by atoms with van der Waals surface area (Å²) in [7, 11) is 0. The van der Waals surface area contributed by atoms with Crippen molar-refractivity contribution in [3.05, 3.63) is 76.6 Å². The van der Waals surface area contributed by atoms with Crippen LogP contribution in [0.3, 0.4) is 0 Å². The Morgan fingerprint density at radius 2 is 2.00 bits per heavy atom. The molecule has 120 valence electrons. The van der Waals surface area contributed by atoms with E-state index >= 15 is 0 Å². The Morgan fingerprint density at radius 3 is 2.78 bits per heavy atom. The van der Waals surface area contributed by atoms with E-state index in [1.54, 1.807) is 18.2 Å². The summed E-state index contributed by atoms with van der Waals surface area (Å²) in [6.07, 6.45) is 3.49. The number of amides is 1. The average Bonchev–Trinajstić information content (AvgIpc) is 2.56. The van der Waals surface area contributed by atoms with Crippen LogP contribution in [0.15, 0.2) is 54.6 Å². The lowest BCUT2D eigenvalue weighted by Crippen LogP contribution is -2.24. The van der Waals surface area contributed by atoms with Gasteiger partial charge in [0.05, 0.1) is 0 Å². The van der Waals surface area contributed by atoms with Gasteiger partial charge in [-0.15, -0.1) is 0 Å². The van der Waals surface area contributed by atoms with E-state index in [9.17, 15) is 9.18 Å². The third kappa shape index (κ3) is 6.12. The Bertz CT molecular complexity index is 674. The molecule has 2 aromatic carbocycles. The van der Waals surface area contributed by atoms with Gasteiger partial charge in [-0.1, -0.05) is 54.1 Å². The quantitative estimate of drug-likeness (QED) is 0.770. The summed E-state index contributed by atoms with van der Waals surface area (Å²) in [6, 6.07) is 13.8. The standard InChI is InChI=1S/C18H17ClFNO2/c19-16-9-10-17(20)15(12-16)8-4-5-11-21-18(22)23-13-14-6-2-1-3-7-14/h1-4,6-10,12H,5,11,13H2,(H,21,22). The normalized spacial score (nSPS) is 10.7. The SMILES string of the molecule is O=C(NCCC=Cc1cc(Cl)ccc1F)OCc1ccccc1. The Morgan fingerprint density at radius 1 is 1.22 bits per heavy atom. The van der Waals surface area contributed by atoms with Crippen LogP contribution in [0, 0.1) is 5.82 Å². The Labute approximate surface area is 139 Å². The number of ether oxygens (including phenoxy) is 1. The van der Waals surface area contributed by atoms with E-state index in [4.69, 9.17) is 16.3 Å². The number of rotatable bonds is 6. The Hall–Kier alpha value is -2.33. The summed E-state index contributed by atoms with van der Waals surface area (Å²) < 4.78 is 18.5. The molecule has 0 aliphatic heterocycles. The van der Waals surface area contributed by atoms with Gasteiger partial charge in [0.25, 0.3) is 0 Å². The van der Waals surface area contributed by atoms with Gasteiger partial charge in [0.15, 0.2) is 0 Å². The highest BCUT2D eigenvalue weighted by Gasteiger charge is 2.01. The molecule has 0 atom stereocenters. The molecular formula is C18H17ClFNO2. The van der Waals surface area contributed by atoms with Crippen molar-refractivity contribution in [2.45, 2.75) is 13.0 Å². The van der Waals surface area contributed by atoms with Crippen molar-refractivity contribution in [1.29, 1.82) is 0 Å². The number of benzene rings is 2. The maximum absolute atomic E-state index is 13.5. The lowest BCUT2D eigenvalue weighted by molar-refractivity contribution is 0.140. The van der Waals surface area contributed by atoms with Crippen molar-refractivity contribution >= 4 is 23.8 Å². The minimum Gasteiger partial charge on any atom is -0.445 e. The second-order valence-electron chi connectivity index (χ2n) is 4.85. The van der Waals surface area contributed by atoms with Gasteiger partial charge in [-0.25, -0.2) is 9.18 Å². The Balaban J connectivity index is 1.67. The first-order valence-corrected chi connectivity index (χ1v) is 7.59. The van der Waals surface area contributed by atoms with Gasteiger partial charge in [-0.2, -0.15) is 0 Å². The summed E-state index contributed by atoms with van der Waals surface area (Å²) in [6.45, 7) is 0.641. The molecule has 2 rings (SSSR count). The highest BCUT2D eigenvalue weighted by Crippen LogP contribution is 2.16. The van der Waals surface area contributed by atoms with Gasteiger partial charge in [-0.05, 0) is 30.2 Å². The molecule has 0 saturated heterocycles. The maximum Gasteiger partial charge on any atom is 0.407 e. The van der Waals surface area contributed by atoms with Gasteiger partial charge >= 0.3 is 6.09 Å². The van der Waals surface area contributed by atoms with Crippen LogP contribution in [0.25, 0.3) is 6.08 Å². The largest absolute Gasteiger partial charge is 0.445 e. The molecule has 0 unspecified atom stereocenters. The van der Waals surface area contributed by atoms with Crippen LogP contribution in [-0.2, 0) is 11.3 Å². The van der Waals surface area contributed by atoms with Gasteiger partial charge in [-0.3, -0.25) is 0 Å². The molecular weight excluding hydrogens is 317 g/mol. The average molecular weight is 334 g/mol. The van der Waals surface area contributed by atoms with E-state index in [2.05, 4.69) is 5.32 Å². The van der Waals surface area contributed by atoms with Gasteiger partial charge in [0.2, 0.25) is 0 Å². The van der Waals surface area contributed by atoms with Crippen molar-refractivity contribution in [3.63, 3.8) is 0 Å². The number of hydrogen-bond donors (Lipinski definition) is 1. The molecule has 0 spiro atoms. The van der Waals surface area contributed by atoms with Gasteiger partial charge in [0, 0.05) is 17.1 Å². The van der Waals surface area contributed by atoms with E-state index in [-0.39, 0.29) is 12.4 Å². The number of carbonyl (C=O) groups is 1. The van der Waals surface area contributed by atoms with E-state index in [0.29, 0.717) is 23.6 Å². The second-order valence-corrected chi connectivity index (χ2v) is 5.28. The summed E-state index contributed by atoms with van der Waals surface area (Å²) in [5.74, 6) is -0.333. The molecule has 0 aromatic heterocycles. The topological polar surface area (TPSA) is 38.3 Å². The zero-order chi connectivity index (χ0) is 16.5. The highest BCUT2D eigenvalue weighted by atomic mass is 35.5. The number of carbonyl (C=O) groups excluding carboxylic acids is 1. The van der Waals surface area contributed by atoms with E-state index in [1.807, 2.05) is 30.3 Å². The smallest absolute Gasteiger partial charge is 0.407 e. The minimum absolute atomic E-state index is 0.232. The second kappa shape index (κ2) is 8.96. The first-order valence-electron chi connectivity index (χ1n) is 7.21. The van der Waals surface area contributed by atoms with Gasteiger partial charge in [0.1, 0.15) is 12.4 Å². The monoisotopic (exact) mass is 333 g/mol. The summed E-state index contributed by atoms with van der Waals surface area (Å²) in [4.78, 5) is 11.5. The van der Waals surface area contributed by atoms with Crippen LogP contribution >= 0.6 is 11.6 Å². The fourth-order valence-electron chi connectivity index (χ4n) is 1.88. The molecule has 1 amide bonds. The molecule has 5 heteroatoms. The van der Waals surface area contributed by atoms with Crippen LogP contribution in [0.5, 0.6) is 0 Å². The highest BCUT2D eigenvalue weighted by molar-refractivity contribution is 6.30. The molecule has 3 nitrogen and oxygen atoms in total. The molecule has 2 aromatic rings. The predicted octanol–water partition coefficient (Wildman–Crippen LogP) is 4.81. The fraction of sp³-hybridized carbons (Fsp3) is 0.167. The van der Waals surface area contributed by atoms with Crippen molar-refractivity contribution in [2.24, 2.45) is 0 Å². The van der Waals surface area contributed by atoms with E-state index < -0.39 is 6.09 Å². The van der Waals surface area contributed by atoms with Crippen LogP contribution < -0.4 is 5.32 Å². The number of halogens is 2. The molecule has 0 radical (unpaired) electrons. The number of alkyl carbamates (subject to hydrolysis) is 1. The van der Waals surface area contributed by atoms with Gasteiger partial charge < -0.3 is 10.1 Å². The lowest BCUT2D eigenvalue weighted by atomic mass is 10.2. The predicted molar refractivity (Wildman–Crippen MR) is 89.7 cm³/mol. The number of nitrogens with one attached hydrogen (secondary N) is 1. The molecule has 0 fully saturated rings. The first kappa shape index (κ1) is 17.0. The van der Waals surface area contributed by atoms with Crippen molar-refractivity contribution in [3.8, 4) is 0 Å². The molecule has 0 heterocycles. The first-order chi connectivity index (χ1) is 11.1. The third-order valence-electron chi connectivity index (χ3n) is 3.05. The zero-order valence-electron chi connectivity index (χ0n) is 12.5. The molecule has 1 N–H and O–H groups in total. The molecule has 0 aliphatic rings. The summed E-state index contributed by atoms with van der Waals surface area (Å²) in [5, 5.41) is 3.11. The zero-order valence-corrected chi connectivity index (χ0v) is 13.2. The van der Waals surface area contributed by atoms with Crippen LogP contribution in [0.1, 0.15) is 17.5 Å². The molecule has 0 saturated carbocycles. The van der Waals surface area contributed by atoms with Crippen LogP contribution in [0.4, 0.5) is 9.18 Å². The van der Waals surface area contributed by atoms with Crippen molar-refractivity contribution in [1.82, 2.24) is 5.32 Å². The number of hydrogen-bond acceptors (Lipinski definition) is 2. The lowest BCUT2D eigenvalue weighted by Gasteiger charge is -2.05. The van der Waals surface area contributed by atoms with Crippen LogP contribution in [-0.4, -0.2) is 12.6 Å². The minimum atomic E-state index is -0.476. The van der Waals surface area contributed by atoms with E-state index in [0.717, 1.165) is 5.56 Å². The summed E-state index contributed by atoms with van der Waals surface area (Å²) >= 11 is 5.81. The molecule has 0 bridgehead atoms. The Kier molecular flexibility index (Phi) is 6.63. The van der Waals surface area contributed by atoms with Crippen molar-refractivity contribution in [2.75, 3.05) is 6.54 Å². The van der Waals surface area contributed by atoms with Crippen LogP contribution in [0.2, 0.25) is 5.02 Å². The summed E-state index contributed by atoms with van der Waals surface area (Å²) in [5.41, 5.74) is 1.35. The van der Waals surface area contributed by atoms with E-state index in [1.165, 1.54) is 12.1 Å². The maximum atomic E-state index is 13.5. The molecule has 0 aliphatic carbocycles. The molecule has 23 heavy (non-hydrogen) atoms. The third-order valence-corrected chi connectivity index (χ3v) is 3.28. The fourth-order valence-corrected chi connectivity index (χ4v) is 2.06. The van der Waals surface area contributed by atoms with Crippen molar-refractivity contribution < 1.29 is 13.9 Å².